The minimum absolute atomic E-state index is 0.0228. The Labute approximate surface area is 104 Å². The van der Waals surface area contributed by atoms with E-state index in [0.717, 1.165) is 4.90 Å². The van der Waals surface area contributed by atoms with Crippen molar-refractivity contribution in [3.8, 4) is 0 Å². The van der Waals surface area contributed by atoms with Gasteiger partial charge >= 0.3 is 6.09 Å². The first kappa shape index (κ1) is 13.8. The van der Waals surface area contributed by atoms with Crippen LogP contribution < -0.4 is 5.48 Å². The lowest BCUT2D eigenvalue weighted by Gasteiger charge is -2.10. The molecule has 1 aromatic carbocycles. The third-order valence-electron chi connectivity index (χ3n) is 1.80. The van der Waals surface area contributed by atoms with Crippen LogP contribution in [-0.4, -0.2) is 36.8 Å². The molecule has 1 unspecified atom stereocenters. The fraction of sp³-hybridized carbons (Fsp3) is 0.364. The highest BCUT2D eigenvalue weighted by Gasteiger charge is 2.06. The highest BCUT2D eigenvalue weighted by Crippen LogP contribution is 2.17. The van der Waals surface area contributed by atoms with Crippen molar-refractivity contribution in [2.45, 2.75) is 11.0 Å². The summed E-state index contributed by atoms with van der Waals surface area (Å²) in [6, 6.07) is 9.73. The van der Waals surface area contributed by atoms with E-state index in [1.165, 1.54) is 18.9 Å². The number of thioether (sulfide) groups is 1. The van der Waals surface area contributed by atoms with Gasteiger partial charge < -0.3 is 9.84 Å². The summed E-state index contributed by atoms with van der Waals surface area (Å²) in [6.45, 7) is 0.0228. The van der Waals surface area contributed by atoms with Gasteiger partial charge in [-0.2, -0.15) is 5.48 Å². The van der Waals surface area contributed by atoms with E-state index in [2.05, 4.69) is 4.74 Å². The number of hydroxylamine groups is 1. The minimum atomic E-state index is -0.687. The zero-order valence-electron chi connectivity index (χ0n) is 9.46. The molecule has 5 nitrogen and oxygen atoms in total. The predicted octanol–water partition coefficient (Wildman–Crippen LogP) is 1.43. The molecule has 0 aliphatic rings. The average molecular weight is 257 g/mol. The molecular formula is C11H15NO4S. The molecule has 6 heteroatoms. The van der Waals surface area contributed by atoms with E-state index in [4.69, 9.17) is 4.84 Å². The molecule has 0 heterocycles. The quantitative estimate of drug-likeness (QED) is 0.596. The smallest absolute Gasteiger partial charge is 0.431 e. The van der Waals surface area contributed by atoms with Gasteiger partial charge in [0.2, 0.25) is 0 Å². The van der Waals surface area contributed by atoms with Crippen molar-refractivity contribution < 1.29 is 19.5 Å². The van der Waals surface area contributed by atoms with E-state index in [-0.39, 0.29) is 6.61 Å². The van der Waals surface area contributed by atoms with Gasteiger partial charge in [-0.05, 0) is 12.1 Å². The molecule has 0 saturated heterocycles. The number of benzene rings is 1. The van der Waals surface area contributed by atoms with Gasteiger partial charge in [-0.1, -0.05) is 18.2 Å². The van der Waals surface area contributed by atoms with Crippen molar-refractivity contribution in [2.24, 2.45) is 0 Å². The number of carbonyl (C=O) groups excluding carboxylic acids is 1. The number of hydrogen-bond donors (Lipinski definition) is 2. The Balaban J connectivity index is 2.13. The normalized spacial score (nSPS) is 11.9. The van der Waals surface area contributed by atoms with Gasteiger partial charge in [-0.25, -0.2) is 4.79 Å². The van der Waals surface area contributed by atoms with E-state index < -0.39 is 12.2 Å². The fourth-order valence-electron chi connectivity index (χ4n) is 0.996. The first-order valence-corrected chi connectivity index (χ1v) is 6.02. The Hall–Kier alpha value is -1.24. The summed E-state index contributed by atoms with van der Waals surface area (Å²) in [5.74, 6) is 0.493. The van der Waals surface area contributed by atoms with Gasteiger partial charge in [-0.15, -0.1) is 11.8 Å². The molecule has 0 aromatic heterocycles. The maximum Gasteiger partial charge on any atom is 0.431 e. The van der Waals surface area contributed by atoms with Crippen LogP contribution in [0.15, 0.2) is 35.2 Å². The molecule has 0 saturated carbocycles. The summed E-state index contributed by atoms with van der Waals surface area (Å²) < 4.78 is 4.30. The van der Waals surface area contributed by atoms with Crippen molar-refractivity contribution in [3.63, 3.8) is 0 Å². The van der Waals surface area contributed by atoms with Crippen LogP contribution in [0.2, 0.25) is 0 Å². The van der Waals surface area contributed by atoms with Gasteiger partial charge in [-0.3, -0.25) is 4.84 Å². The number of nitrogens with one attached hydrogen (secondary N) is 1. The molecule has 1 rings (SSSR count). The van der Waals surface area contributed by atoms with E-state index >= 15 is 0 Å². The number of aliphatic hydroxyl groups is 1. The lowest BCUT2D eigenvalue weighted by atomic mass is 10.4. The summed E-state index contributed by atoms with van der Waals surface area (Å²) in [6.07, 6.45) is -1.34. The molecule has 0 spiro atoms. The second-order valence-electron chi connectivity index (χ2n) is 3.18. The number of hydrogen-bond acceptors (Lipinski definition) is 5. The van der Waals surface area contributed by atoms with Crippen LogP contribution in [0, 0.1) is 0 Å². The van der Waals surface area contributed by atoms with Crippen LogP contribution in [-0.2, 0) is 9.57 Å². The van der Waals surface area contributed by atoms with E-state index in [9.17, 15) is 9.90 Å². The van der Waals surface area contributed by atoms with Crippen LogP contribution in [0.1, 0.15) is 0 Å². The maximum atomic E-state index is 10.6. The van der Waals surface area contributed by atoms with Crippen molar-refractivity contribution in [3.05, 3.63) is 30.3 Å². The number of aliphatic hydroxyl groups excluding tert-OH is 1. The van der Waals surface area contributed by atoms with Gasteiger partial charge in [0, 0.05) is 10.6 Å². The number of ether oxygens (including phenoxy) is 1. The number of carbonyl (C=O) groups is 1. The summed E-state index contributed by atoms with van der Waals surface area (Å²) in [5.41, 5.74) is 2.03. The standard InChI is InChI=1S/C11H15NO4S/c1-15-11(14)12-16-7-9(13)8-17-10-5-3-2-4-6-10/h2-6,9,13H,7-8H2,1H3,(H,12,14). The molecule has 1 atom stereocenters. The van der Waals surface area contributed by atoms with Crippen molar-refractivity contribution in [2.75, 3.05) is 19.5 Å². The molecule has 1 amide bonds. The second kappa shape index (κ2) is 7.94. The largest absolute Gasteiger partial charge is 0.451 e. The molecule has 17 heavy (non-hydrogen) atoms. The second-order valence-corrected chi connectivity index (χ2v) is 4.28. The lowest BCUT2D eigenvalue weighted by Crippen LogP contribution is -2.29. The fourth-order valence-corrected chi connectivity index (χ4v) is 1.83. The summed E-state index contributed by atoms with van der Waals surface area (Å²) in [4.78, 5) is 16.5. The molecule has 2 N–H and O–H groups in total. The first-order valence-electron chi connectivity index (χ1n) is 5.04. The maximum absolute atomic E-state index is 10.6. The van der Waals surface area contributed by atoms with Crippen molar-refractivity contribution in [1.29, 1.82) is 0 Å². The molecule has 0 aliphatic heterocycles. The van der Waals surface area contributed by atoms with Gasteiger partial charge in [0.05, 0.1) is 13.2 Å². The van der Waals surface area contributed by atoms with Crippen LogP contribution >= 0.6 is 11.8 Å². The predicted molar refractivity (Wildman–Crippen MR) is 64.7 cm³/mol. The van der Waals surface area contributed by atoms with Gasteiger partial charge in [0.15, 0.2) is 0 Å². The van der Waals surface area contributed by atoms with Crippen molar-refractivity contribution >= 4 is 17.9 Å². The molecule has 0 bridgehead atoms. The monoisotopic (exact) mass is 257 g/mol. The highest BCUT2D eigenvalue weighted by atomic mass is 32.2. The molecular weight excluding hydrogens is 242 g/mol. The van der Waals surface area contributed by atoms with Crippen LogP contribution in [0.5, 0.6) is 0 Å². The summed E-state index contributed by atoms with van der Waals surface area (Å²) in [7, 11) is 1.24. The van der Waals surface area contributed by atoms with Crippen molar-refractivity contribution in [1.82, 2.24) is 5.48 Å². The number of amides is 1. The Morgan fingerprint density at radius 3 is 2.82 bits per heavy atom. The van der Waals surface area contributed by atoms with Crippen LogP contribution in [0.4, 0.5) is 4.79 Å². The Kier molecular flexibility index (Phi) is 6.46. The Morgan fingerprint density at radius 1 is 1.47 bits per heavy atom. The van der Waals surface area contributed by atoms with E-state index in [1.807, 2.05) is 35.8 Å². The van der Waals surface area contributed by atoms with Crippen LogP contribution in [0.25, 0.3) is 0 Å². The molecule has 1 aromatic rings. The third kappa shape index (κ3) is 6.15. The van der Waals surface area contributed by atoms with Crippen LogP contribution in [0.3, 0.4) is 0 Å². The first-order chi connectivity index (χ1) is 8.22. The molecule has 0 fully saturated rings. The zero-order valence-corrected chi connectivity index (χ0v) is 10.3. The Bertz CT molecular complexity index is 334. The topological polar surface area (TPSA) is 67.8 Å². The lowest BCUT2D eigenvalue weighted by molar-refractivity contribution is -0.00801. The average Bonchev–Trinajstić information content (AvgIpc) is 2.37. The molecule has 0 aliphatic carbocycles. The van der Waals surface area contributed by atoms with E-state index in [0.29, 0.717) is 5.75 Å². The number of methoxy groups -OCH3 is 1. The Morgan fingerprint density at radius 2 is 2.18 bits per heavy atom. The molecule has 94 valence electrons. The third-order valence-corrected chi connectivity index (χ3v) is 2.96. The number of rotatable bonds is 6. The zero-order chi connectivity index (χ0) is 12.5. The highest BCUT2D eigenvalue weighted by molar-refractivity contribution is 7.99. The van der Waals surface area contributed by atoms with E-state index in [1.54, 1.807) is 0 Å². The van der Waals surface area contributed by atoms with Gasteiger partial charge in [0.1, 0.15) is 6.61 Å². The van der Waals surface area contributed by atoms with Gasteiger partial charge in [0.25, 0.3) is 0 Å². The molecule has 0 radical (unpaired) electrons. The SMILES string of the molecule is COC(=O)NOCC(O)CSc1ccccc1. The summed E-state index contributed by atoms with van der Waals surface area (Å²) >= 11 is 1.52. The minimum Gasteiger partial charge on any atom is -0.451 e. The summed E-state index contributed by atoms with van der Waals surface area (Å²) in [5, 5.41) is 9.56.